The first kappa shape index (κ1) is 27.6. The van der Waals surface area contributed by atoms with E-state index in [1.807, 2.05) is 84.9 Å². The van der Waals surface area contributed by atoms with Gasteiger partial charge in [0.05, 0.1) is 6.04 Å². The Morgan fingerprint density at radius 3 is 1.95 bits per heavy atom. The molecule has 0 fully saturated rings. The molecule has 4 N–H and O–H groups in total. The number of anilines is 1. The molecule has 0 heterocycles. The maximum atomic E-state index is 13.1. The number of rotatable bonds is 13. The highest BCUT2D eigenvalue weighted by atomic mass is 16.2. The second-order valence-corrected chi connectivity index (χ2v) is 9.09. The normalized spacial score (nSPS) is 12.3. The van der Waals surface area contributed by atoms with E-state index in [4.69, 9.17) is 0 Å². The highest BCUT2D eigenvalue weighted by Gasteiger charge is 2.22. The van der Waals surface area contributed by atoms with Crippen molar-refractivity contribution in [2.45, 2.75) is 51.7 Å². The van der Waals surface area contributed by atoms with Crippen LogP contribution in [0.25, 0.3) is 0 Å². The third kappa shape index (κ3) is 9.89. The molecule has 0 aromatic heterocycles. The summed E-state index contributed by atoms with van der Waals surface area (Å²) in [5.41, 5.74) is 4.01. The summed E-state index contributed by atoms with van der Waals surface area (Å²) in [5.74, 6) is -0.526. The summed E-state index contributed by atoms with van der Waals surface area (Å²) in [4.78, 5) is 36.9. The van der Waals surface area contributed by atoms with Crippen molar-refractivity contribution in [1.82, 2.24) is 16.0 Å². The largest absolute Gasteiger partial charge is 0.350 e. The topological polar surface area (TPSA) is 99.3 Å². The zero-order valence-electron chi connectivity index (χ0n) is 21.5. The first-order valence-electron chi connectivity index (χ1n) is 12.7. The third-order valence-corrected chi connectivity index (χ3v) is 6.02. The summed E-state index contributed by atoms with van der Waals surface area (Å²) >= 11 is 0. The quantitative estimate of drug-likeness (QED) is 0.288. The Bertz CT molecular complexity index is 1130. The van der Waals surface area contributed by atoms with Gasteiger partial charge in [0, 0.05) is 19.2 Å². The van der Waals surface area contributed by atoms with Crippen LogP contribution in [0, 0.1) is 0 Å². The first-order valence-corrected chi connectivity index (χ1v) is 12.7. The highest BCUT2D eigenvalue weighted by molar-refractivity contribution is 5.89. The number of amides is 3. The van der Waals surface area contributed by atoms with Crippen molar-refractivity contribution in [2.24, 2.45) is 0 Å². The van der Waals surface area contributed by atoms with Gasteiger partial charge in [0.25, 0.3) is 0 Å². The van der Waals surface area contributed by atoms with Crippen LogP contribution >= 0.6 is 0 Å². The van der Waals surface area contributed by atoms with Gasteiger partial charge < -0.3 is 21.3 Å². The van der Waals surface area contributed by atoms with E-state index in [2.05, 4.69) is 21.3 Å². The minimum absolute atomic E-state index is 0.107. The molecule has 7 nitrogen and oxygen atoms in total. The van der Waals surface area contributed by atoms with E-state index in [0.717, 1.165) is 35.2 Å². The van der Waals surface area contributed by atoms with Crippen LogP contribution < -0.4 is 21.3 Å². The van der Waals surface area contributed by atoms with Crippen LogP contribution in [0.15, 0.2) is 84.9 Å². The molecule has 2 atom stereocenters. The van der Waals surface area contributed by atoms with E-state index in [1.54, 1.807) is 6.92 Å². The van der Waals surface area contributed by atoms with E-state index in [-0.39, 0.29) is 17.7 Å². The summed E-state index contributed by atoms with van der Waals surface area (Å²) < 4.78 is 0. The van der Waals surface area contributed by atoms with E-state index < -0.39 is 12.1 Å². The van der Waals surface area contributed by atoms with Crippen molar-refractivity contribution in [3.63, 3.8) is 0 Å². The standard InChI is InChI=1S/C30H36N4O3/c1-22(29(36)32-21-26-11-7-4-8-12-26)33-30(37)28(18-15-24-9-5-3-6-10-24)31-20-19-25-13-16-27(17-14-25)34-23(2)35/h3-14,16-17,22,28,31H,15,18-21H2,1-2H3,(H,32,36)(H,33,37)(H,34,35)/t22-,28+/m0/s1. The molecular weight excluding hydrogens is 464 g/mol. The molecule has 3 amide bonds. The fraction of sp³-hybridized carbons (Fsp3) is 0.300. The van der Waals surface area contributed by atoms with Gasteiger partial charge in [-0.1, -0.05) is 72.8 Å². The second kappa shape index (κ2) is 14.6. The summed E-state index contributed by atoms with van der Waals surface area (Å²) in [7, 11) is 0. The molecule has 7 heteroatoms. The predicted octanol–water partition coefficient (Wildman–Crippen LogP) is 3.60. The molecule has 0 aliphatic carbocycles. The molecule has 0 saturated heterocycles. The molecule has 194 valence electrons. The number of carbonyl (C=O) groups excluding carboxylic acids is 3. The van der Waals surface area contributed by atoms with Gasteiger partial charge >= 0.3 is 0 Å². The third-order valence-electron chi connectivity index (χ3n) is 6.02. The van der Waals surface area contributed by atoms with Gasteiger partial charge in [-0.2, -0.15) is 0 Å². The molecule has 0 saturated carbocycles. The maximum Gasteiger partial charge on any atom is 0.242 e. The van der Waals surface area contributed by atoms with Gasteiger partial charge in [0.2, 0.25) is 17.7 Å². The Labute approximate surface area is 219 Å². The van der Waals surface area contributed by atoms with Crippen LogP contribution in [-0.2, 0) is 33.8 Å². The van der Waals surface area contributed by atoms with Gasteiger partial charge in [-0.3, -0.25) is 14.4 Å². The number of carbonyl (C=O) groups is 3. The van der Waals surface area contributed by atoms with Gasteiger partial charge in [-0.25, -0.2) is 0 Å². The van der Waals surface area contributed by atoms with Crippen LogP contribution in [0.5, 0.6) is 0 Å². The minimum Gasteiger partial charge on any atom is -0.350 e. The summed E-state index contributed by atoms with van der Waals surface area (Å²) in [6.07, 6.45) is 2.07. The Kier molecular flexibility index (Phi) is 10.9. The van der Waals surface area contributed by atoms with Crippen molar-refractivity contribution in [1.29, 1.82) is 0 Å². The average molecular weight is 501 g/mol. The second-order valence-electron chi connectivity index (χ2n) is 9.09. The van der Waals surface area contributed by atoms with Gasteiger partial charge in [0.15, 0.2) is 0 Å². The Balaban J connectivity index is 1.54. The van der Waals surface area contributed by atoms with Crippen LogP contribution in [0.3, 0.4) is 0 Å². The Morgan fingerprint density at radius 1 is 0.730 bits per heavy atom. The zero-order chi connectivity index (χ0) is 26.5. The van der Waals surface area contributed by atoms with Crippen LogP contribution in [-0.4, -0.2) is 36.3 Å². The van der Waals surface area contributed by atoms with Crippen molar-refractivity contribution in [3.05, 3.63) is 102 Å². The highest BCUT2D eigenvalue weighted by Crippen LogP contribution is 2.11. The predicted molar refractivity (Wildman–Crippen MR) is 147 cm³/mol. The summed E-state index contributed by atoms with van der Waals surface area (Å²) in [5, 5.41) is 11.9. The van der Waals surface area contributed by atoms with Crippen LogP contribution in [0.2, 0.25) is 0 Å². The molecule has 0 bridgehead atoms. The molecule has 0 unspecified atom stereocenters. The van der Waals surface area contributed by atoms with Crippen molar-refractivity contribution in [2.75, 3.05) is 11.9 Å². The van der Waals surface area contributed by atoms with E-state index in [0.29, 0.717) is 19.5 Å². The Morgan fingerprint density at radius 2 is 1.32 bits per heavy atom. The number of hydrogen-bond donors (Lipinski definition) is 4. The number of benzene rings is 3. The first-order chi connectivity index (χ1) is 17.9. The molecule has 0 spiro atoms. The fourth-order valence-electron chi connectivity index (χ4n) is 3.95. The van der Waals surface area contributed by atoms with Crippen molar-refractivity contribution >= 4 is 23.4 Å². The molecule has 3 aromatic carbocycles. The molecule has 0 aliphatic heterocycles. The van der Waals surface area contributed by atoms with E-state index in [9.17, 15) is 14.4 Å². The Hall–Kier alpha value is -3.97. The van der Waals surface area contributed by atoms with Crippen LogP contribution in [0.1, 0.15) is 37.0 Å². The lowest BCUT2D eigenvalue weighted by molar-refractivity contribution is -0.129. The fourth-order valence-corrected chi connectivity index (χ4v) is 3.95. The van der Waals surface area contributed by atoms with Gasteiger partial charge in [-0.05, 0) is 61.6 Å². The molecule has 37 heavy (non-hydrogen) atoms. The molecule has 3 aromatic rings. The number of nitrogens with one attached hydrogen (secondary N) is 4. The lowest BCUT2D eigenvalue weighted by Crippen LogP contribution is -2.52. The smallest absolute Gasteiger partial charge is 0.242 e. The zero-order valence-corrected chi connectivity index (χ0v) is 21.5. The maximum absolute atomic E-state index is 13.1. The lowest BCUT2D eigenvalue weighted by Gasteiger charge is -2.21. The SMILES string of the molecule is CC(=O)Nc1ccc(CCN[C@H](CCc2ccccc2)C(=O)N[C@@H](C)C(=O)NCc2ccccc2)cc1. The number of hydrogen-bond acceptors (Lipinski definition) is 4. The monoisotopic (exact) mass is 500 g/mol. The molecular formula is C30H36N4O3. The summed E-state index contributed by atoms with van der Waals surface area (Å²) in [6, 6.07) is 26.3. The van der Waals surface area contributed by atoms with Crippen molar-refractivity contribution < 1.29 is 14.4 Å². The number of aryl methyl sites for hydroxylation is 1. The molecule has 0 aliphatic rings. The summed E-state index contributed by atoms with van der Waals surface area (Å²) in [6.45, 7) is 4.19. The van der Waals surface area contributed by atoms with Crippen molar-refractivity contribution in [3.8, 4) is 0 Å². The minimum atomic E-state index is -0.654. The van der Waals surface area contributed by atoms with Gasteiger partial charge in [0.1, 0.15) is 6.04 Å². The van der Waals surface area contributed by atoms with Crippen LogP contribution in [0.4, 0.5) is 5.69 Å². The molecule has 3 rings (SSSR count). The van der Waals surface area contributed by atoms with E-state index >= 15 is 0 Å². The van der Waals surface area contributed by atoms with Gasteiger partial charge in [-0.15, -0.1) is 0 Å². The molecule has 0 radical (unpaired) electrons. The van der Waals surface area contributed by atoms with E-state index in [1.165, 1.54) is 6.92 Å². The lowest BCUT2D eigenvalue weighted by atomic mass is 10.0. The average Bonchev–Trinajstić information content (AvgIpc) is 2.91.